The van der Waals surface area contributed by atoms with Crippen molar-refractivity contribution in [3.05, 3.63) is 12.3 Å². The summed E-state index contributed by atoms with van der Waals surface area (Å²) in [6.07, 6.45) is 2.75. The number of aromatic nitrogens is 2. The Morgan fingerprint density at radius 2 is 2.07 bits per heavy atom. The average molecular weight is 192 g/mol. The van der Waals surface area contributed by atoms with Crippen molar-refractivity contribution in [2.45, 2.75) is 31.5 Å². The van der Waals surface area contributed by atoms with Crippen LogP contribution in [-0.2, 0) is 16.4 Å². The van der Waals surface area contributed by atoms with Crippen LogP contribution in [0, 0.1) is 0 Å². The third-order valence-corrected chi connectivity index (χ3v) is 3.50. The third-order valence-electron chi connectivity index (χ3n) is 3.50. The molecule has 1 aromatic heterocycles. The molecule has 0 N–H and O–H groups in total. The van der Waals surface area contributed by atoms with Crippen LogP contribution < -0.4 is 5.59 Å². The molecule has 0 aromatic carbocycles. The fourth-order valence-corrected chi connectivity index (χ4v) is 2.16. The predicted octanol–water partition coefficient (Wildman–Crippen LogP) is 0.0832. The minimum absolute atomic E-state index is 0.0814. The molecule has 0 radical (unpaired) electrons. The van der Waals surface area contributed by atoms with E-state index in [1.807, 2.05) is 13.1 Å². The van der Waals surface area contributed by atoms with Gasteiger partial charge < -0.3 is 9.31 Å². The Balaban J connectivity index is 1.89. The summed E-state index contributed by atoms with van der Waals surface area (Å²) < 4.78 is 13.5. The Morgan fingerprint density at radius 1 is 1.43 bits per heavy atom. The van der Waals surface area contributed by atoms with Gasteiger partial charge in [0.2, 0.25) is 0 Å². The summed E-state index contributed by atoms with van der Waals surface area (Å²) in [5.74, 6) is 0. The van der Waals surface area contributed by atoms with Crippen LogP contribution in [0.2, 0.25) is 0 Å². The molecule has 4 nitrogen and oxygen atoms in total. The number of rotatable bonds is 1. The molecule has 1 aliphatic heterocycles. The maximum absolute atomic E-state index is 5.87. The highest BCUT2D eigenvalue weighted by Gasteiger charge is 2.71. The minimum Gasteiger partial charge on any atom is -0.398 e. The Morgan fingerprint density at radius 3 is 2.57 bits per heavy atom. The molecular weight excluding hydrogens is 179 g/mol. The Bertz CT molecular complexity index is 378. The number of nitrogens with zero attached hydrogens (tertiary/aromatic N) is 2. The van der Waals surface area contributed by atoms with Gasteiger partial charge in [-0.2, -0.15) is 5.10 Å². The first-order valence-corrected chi connectivity index (χ1v) is 4.88. The first-order chi connectivity index (χ1) is 6.54. The highest BCUT2D eigenvalue weighted by molar-refractivity contribution is 6.61. The van der Waals surface area contributed by atoms with Crippen molar-refractivity contribution in [1.29, 1.82) is 0 Å². The summed E-state index contributed by atoms with van der Waals surface area (Å²) in [6.45, 7) is 4.20. The lowest BCUT2D eigenvalue weighted by Gasteiger charge is -2.10. The predicted molar refractivity (Wildman–Crippen MR) is 52.2 cm³/mol. The second kappa shape index (κ2) is 2.23. The van der Waals surface area contributed by atoms with Gasteiger partial charge in [0.05, 0.1) is 16.8 Å². The SMILES string of the molecule is Cn1nccc1B1O[C@]2(C)C[C@@]2(C)O1. The summed E-state index contributed by atoms with van der Waals surface area (Å²) in [5.41, 5.74) is 0.823. The summed E-state index contributed by atoms with van der Waals surface area (Å²) in [6, 6.07) is 1.93. The Labute approximate surface area is 83.3 Å². The van der Waals surface area contributed by atoms with Crippen LogP contribution in [0.3, 0.4) is 0 Å². The van der Waals surface area contributed by atoms with Gasteiger partial charge >= 0.3 is 7.12 Å². The molecule has 1 saturated heterocycles. The van der Waals surface area contributed by atoms with Crippen molar-refractivity contribution < 1.29 is 9.31 Å². The van der Waals surface area contributed by atoms with Crippen LogP contribution in [-0.4, -0.2) is 28.1 Å². The highest BCUT2D eigenvalue weighted by atomic mass is 16.7. The second-order valence-electron chi connectivity index (χ2n) is 4.59. The first kappa shape index (κ1) is 8.50. The summed E-state index contributed by atoms with van der Waals surface area (Å²) in [4.78, 5) is 0. The molecule has 74 valence electrons. The van der Waals surface area contributed by atoms with Gasteiger partial charge in [-0.05, 0) is 19.9 Å². The lowest BCUT2D eigenvalue weighted by atomic mass is 9.84. The van der Waals surface area contributed by atoms with Crippen LogP contribution in [0.15, 0.2) is 12.3 Å². The number of hydrogen-bond acceptors (Lipinski definition) is 3. The van der Waals surface area contributed by atoms with Crippen molar-refractivity contribution in [2.75, 3.05) is 0 Å². The van der Waals surface area contributed by atoms with Crippen molar-refractivity contribution in [3.63, 3.8) is 0 Å². The maximum Gasteiger partial charge on any atom is 0.514 e. The van der Waals surface area contributed by atoms with Crippen molar-refractivity contribution in [2.24, 2.45) is 7.05 Å². The monoisotopic (exact) mass is 192 g/mol. The molecule has 0 bridgehead atoms. The molecule has 2 aliphatic rings. The smallest absolute Gasteiger partial charge is 0.398 e. The lowest BCUT2D eigenvalue weighted by molar-refractivity contribution is 0.187. The molecule has 0 unspecified atom stereocenters. The molecule has 2 atom stereocenters. The molecule has 1 aliphatic carbocycles. The maximum atomic E-state index is 5.87. The standard InChI is InChI=1S/C9H13BN2O2/c1-8-6-9(8,2)14-10(13-8)7-4-5-11-12(7)3/h4-5H,6H2,1-3H3/t8-,9-/m1/s1. The molecule has 0 spiro atoms. The first-order valence-electron chi connectivity index (χ1n) is 4.88. The lowest BCUT2D eigenvalue weighted by Crippen LogP contribution is -2.40. The van der Waals surface area contributed by atoms with Gasteiger partial charge in [0.1, 0.15) is 0 Å². The van der Waals surface area contributed by atoms with Crippen LogP contribution in [0.1, 0.15) is 20.3 Å². The molecule has 3 rings (SSSR count). The van der Waals surface area contributed by atoms with Gasteiger partial charge in [-0.15, -0.1) is 0 Å². The number of fused-ring (bicyclic) bond motifs is 1. The van der Waals surface area contributed by atoms with E-state index in [-0.39, 0.29) is 18.3 Å². The zero-order chi connectivity index (χ0) is 9.97. The van der Waals surface area contributed by atoms with Crippen LogP contribution >= 0.6 is 0 Å². The van der Waals surface area contributed by atoms with Gasteiger partial charge in [-0.25, -0.2) is 0 Å². The molecule has 5 heteroatoms. The van der Waals surface area contributed by atoms with Crippen LogP contribution in [0.25, 0.3) is 0 Å². The number of aryl methyl sites for hydroxylation is 1. The van der Waals surface area contributed by atoms with Gasteiger partial charge in [0, 0.05) is 19.7 Å². The van der Waals surface area contributed by atoms with E-state index >= 15 is 0 Å². The third kappa shape index (κ3) is 0.888. The Hall–Kier alpha value is -0.805. The normalized spacial score (nSPS) is 40.1. The number of hydrogen-bond donors (Lipinski definition) is 0. The zero-order valence-electron chi connectivity index (χ0n) is 8.65. The Kier molecular flexibility index (Phi) is 1.35. The molecular formula is C9H13BN2O2. The largest absolute Gasteiger partial charge is 0.514 e. The average Bonchev–Trinajstić information content (AvgIpc) is 2.48. The molecule has 2 heterocycles. The van der Waals surface area contributed by atoms with Gasteiger partial charge in [-0.3, -0.25) is 4.68 Å². The summed E-state index contributed by atoms with van der Waals surface area (Å²) in [5, 5.41) is 4.10. The van der Waals surface area contributed by atoms with Crippen LogP contribution in [0.5, 0.6) is 0 Å². The zero-order valence-corrected chi connectivity index (χ0v) is 8.65. The van der Waals surface area contributed by atoms with E-state index in [2.05, 4.69) is 18.9 Å². The van der Waals surface area contributed by atoms with Gasteiger partial charge in [-0.1, -0.05) is 0 Å². The molecule has 1 saturated carbocycles. The van der Waals surface area contributed by atoms with E-state index in [0.29, 0.717) is 0 Å². The molecule has 2 fully saturated rings. The topological polar surface area (TPSA) is 36.3 Å². The summed E-state index contributed by atoms with van der Waals surface area (Å²) in [7, 11) is 1.66. The van der Waals surface area contributed by atoms with E-state index in [0.717, 1.165) is 12.0 Å². The highest BCUT2D eigenvalue weighted by Crippen LogP contribution is 2.57. The molecule has 1 aromatic rings. The summed E-state index contributed by atoms with van der Waals surface area (Å²) >= 11 is 0. The van der Waals surface area contributed by atoms with E-state index in [4.69, 9.17) is 9.31 Å². The van der Waals surface area contributed by atoms with E-state index in [1.54, 1.807) is 10.9 Å². The van der Waals surface area contributed by atoms with Crippen molar-refractivity contribution in [3.8, 4) is 0 Å². The van der Waals surface area contributed by atoms with Gasteiger partial charge in [0.15, 0.2) is 0 Å². The molecule has 14 heavy (non-hydrogen) atoms. The second-order valence-corrected chi connectivity index (χ2v) is 4.59. The van der Waals surface area contributed by atoms with Crippen molar-refractivity contribution >= 4 is 12.7 Å². The van der Waals surface area contributed by atoms with E-state index in [1.165, 1.54) is 0 Å². The minimum atomic E-state index is -0.244. The fourth-order valence-electron chi connectivity index (χ4n) is 2.16. The van der Waals surface area contributed by atoms with E-state index < -0.39 is 0 Å². The fraction of sp³-hybridized carbons (Fsp3) is 0.667. The van der Waals surface area contributed by atoms with Crippen LogP contribution in [0.4, 0.5) is 0 Å². The van der Waals surface area contributed by atoms with E-state index in [9.17, 15) is 0 Å². The van der Waals surface area contributed by atoms with Crippen molar-refractivity contribution in [1.82, 2.24) is 9.78 Å². The van der Waals surface area contributed by atoms with Gasteiger partial charge in [0.25, 0.3) is 0 Å². The molecule has 0 amide bonds. The quantitative estimate of drug-likeness (QED) is 0.591.